The Bertz CT molecular complexity index is 864. The maximum Gasteiger partial charge on any atom is 0.422 e. The van der Waals surface area contributed by atoms with Gasteiger partial charge < -0.3 is 14.8 Å². The molecule has 1 heterocycles. The molecule has 8 heteroatoms. The number of methoxy groups -OCH3 is 1. The lowest BCUT2D eigenvalue weighted by Gasteiger charge is -2.15. The molecule has 0 unspecified atom stereocenters. The van der Waals surface area contributed by atoms with E-state index >= 15 is 0 Å². The largest absolute Gasteiger partial charge is 0.496 e. The third kappa shape index (κ3) is 6.81. The number of hydrogen-bond donors (Lipinski definition) is 1. The van der Waals surface area contributed by atoms with Crippen LogP contribution in [-0.4, -0.2) is 30.8 Å². The zero-order chi connectivity index (χ0) is 21.6. The normalized spacial score (nSPS) is 12.2. The summed E-state index contributed by atoms with van der Waals surface area (Å²) in [5, 5.41) is 2.81. The molecular weight excluding hydrogens is 385 g/mol. The van der Waals surface area contributed by atoms with Crippen LogP contribution in [0.4, 0.5) is 13.2 Å². The molecule has 1 atom stereocenters. The Hall–Kier alpha value is -3.03. The Morgan fingerprint density at radius 1 is 1.28 bits per heavy atom. The van der Waals surface area contributed by atoms with Gasteiger partial charge in [-0.05, 0) is 43.2 Å². The molecule has 1 aromatic heterocycles. The Morgan fingerprint density at radius 2 is 2.00 bits per heavy atom. The molecule has 1 amide bonds. The van der Waals surface area contributed by atoms with Crippen LogP contribution in [0.1, 0.15) is 36.7 Å². The van der Waals surface area contributed by atoms with Crippen molar-refractivity contribution in [3.05, 3.63) is 59.9 Å². The van der Waals surface area contributed by atoms with E-state index in [-0.39, 0.29) is 18.1 Å². The lowest BCUT2D eigenvalue weighted by Crippen LogP contribution is -2.28. The van der Waals surface area contributed by atoms with Gasteiger partial charge in [-0.15, -0.1) is 0 Å². The van der Waals surface area contributed by atoms with Crippen LogP contribution < -0.4 is 14.8 Å². The Kier molecular flexibility index (Phi) is 7.25. The molecule has 0 bridgehead atoms. The Morgan fingerprint density at radius 3 is 2.55 bits per heavy atom. The topological polar surface area (TPSA) is 60.5 Å². The molecule has 0 radical (unpaired) electrons. The quantitative estimate of drug-likeness (QED) is 0.700. The molecule has 1 aromatic carbocycles. The molecule has 0 aliphatic heterocycles. The van der Waals surface area contributed by atoms with Crippen molar-refractivity contribution in [3.8, 4) is 11.5 Å². The van der Waals surface area contributed by atoms with Crippen molar-refractivity contribution < 1.29 is 27.4 Å². The van der Waals surface area contributed by atoms with Crippen molar-refractivity contribution in [2.45, 2.75) is 32.5 Å². The van der Waals surface area contributed by atoms with Crippen LogP contribution in [0.2, 0.25) is 0 Å². The van der Waals surface area contributed by atoms with E-state index in [1.165, 1.54) is 18.3 Å². The molecule has 2 aromatic rings. The van der Waals surface area contributed by atoms with Crippen molar-refractivity contribution >= 4 is 11.5 Å². The standard InChI is InChI=1S/C21H23F3N2O3/c1-13(2)17-7-5-15(9-19(17)28-4)10-20(27)26-14(3)18-8-6-16(11-25-18)29-12-21(22,23)24/h5-9,11,14H,1,10,12H2,2-4H3,(H,26,27)/t14-/m1/s1. The number of benzene rings is 1. The monoisotopic (exact) mass is 408 g/mol. The van der Waals surface area contributed by atoms with Crippen molar-refractivity contribution in [1.82, 2.24) is 10.3 Å². The highest BCUT2D eigenvalue weighted by Gasteiger charge is 2.28. The molecule has 5 nitrogen and oxygen atoms in total. The average Bonchev–Trinajstić information content (AvgIpc) is 2.65. The van der Waals surface area contributed by atoms with E-state index < -0.39 is 18.8 Å². The number of allylic oxidation sites excluding steroid dienone is 1. The summed E-state index contributed by atoms with van der Waals surface area (Å²) in [6.07, 6.45) is -3.07. The summed E-state index contributed by atoms with van der Waals surface area (Å²) in [7, 11) is 1.56. The van der Waals surface area contributed by atoms with Crippen LogP contribution in [-0.2, 0) is 11.2 Å². The fourth-order valence-electron chi connectivity index (χ4n) is 2.65. The number of nitrogens with zero attached hydrogens (tertiary/aromatic N) is 1. The van der Waals surface area contributed by atoms with Gasteiger partial charge in [-0.25, -0.2) is 0 Å². The maximum atomic E-state index is 12.3. The molecule has 29 heavy (non-hydrogen) atoms. The minimum Gasteiger partial charge on any atom is -0.496 e. The first-order chi connectivity index (χ1) is 13.6. The van der Waals surface area contributed by atoms with Crippen LogP contribution >= 0.6 is 0 Å². The number of nitrogens with one attached hydrogen (secondary N) is 1. The van der Waals surface area contributed by atoms with Gasteiger partial charge in [0.1, 0.15) is 11.5 Å². The number of alkyl halides is 3. The van der Waals surface area contributed by atoms with Crippen molar-refractivity contribution in [1.29, 1.82) is 0 Å². The summed E-state index contributed by atoms with van der Waals surface area (Å²) in [4.78, 5) is 16.4. The summed E-state index contributed by atoms with van der Waals surface area (Å²) in [5.74, 6) is 0.433. The molecule has 0 saturated heterocycles. The van der Waals surface area contributed by atoms with E-state index in [4.69, 9.17) is 4.74 Å². The van der Waals surface area contributed by atoms with Gasteiger partial charge >= 0.3 is 6.18 Å². The number of carbonyl (C=O) groups excluding carboxylic acids is 1. The fraction of sp³-hybridized carbons (Fsp3) is 0.333. The third-order valence-electron chi connectivity index (χ3n) is 4.07. The van der Waals surface area contributed by atoms with Gasteiger partial charge in [0.2, 0.25) is 5.91 Å². The van der Waals surface area contributed by atoms with Crippen molar-refractivity contribution in [3.63, 3.8) is 0 Å². The molecule has 156 valence electrons. The number of pyridine rings is 1. The summed E-state index contributed by atoms with van der Waals surface area (Å²) in [6.45, 7) is 6.13. The molecule has 1 N–H and O–H groups in total. The van der Waals surface area contributed by atoms with Gasteiger partial charge in [-0.2, -0.15) is 13.2 Å². The number of rotatable bonds is 8. The Balaban J connectivity index is 1.96. The summed E-state index contributed by atoms with van der Waals surface area (Å²) >= 11 is 0. The molecule has 0 spiro atoms. The van der Waals surface area contributed by atoms with Gasteiger partial charge in [0.25, 0.3) is 0 Å². The van der Waals surface area contributed by atoms with Gasteiger partial charge in [-0.1, -0.05) is 18.7 Å². The lowest BCUT2D eigenvalue weighted by molar-refractivity contribution is -0.153. The van der Waals surface area contributed by atoms with E-state index in [1.54, 1.807) is 20.1 Å². The first kappa shape index (κ1) is 22.3. The predicted octanol–water partition coefficient (Wildman–Crippen LogP) is 4.48. The minimum absolute atomic E-state index is 0.00861. The van der Waals surface area contributed by atoms with Crippen LogP contribution in [0.15, 0.2) is 43.1 Å². The van der Waals surface area contributed by atoms with E-state index in [1.807, 2.05) is 19.1 Å². The number of hydrogen-bond acceptors (Lipinski definition) is 4. The first-order valence-corrected chi connectivity index (χ1v) is 8.86. The maximum absolute atomic E-state index is 12.3. The molecule has 0 aliphatic carbocycles. The number of ether oxygens (including phenoxy) is 2. The lowest BCUT2D eigenvalue weighted by atomic mass is 10.0. The zero-order valence-corrected chi connectivity index (χ0v) is 16.5. The number of amides is 1. The molecule has 0 saturated carbocycles. The second kappa shape index (κ2) is 9.45. The highest BCUT2D eigenvalue weighted by Crippen LogP contribution is 2.26. The second-order valence-electron chi connectivity index (χ2n) is 6.60. The molecule has 0 fully saturated rings. The molecule has 2 rings (SSSR count). The van der Waals surface area contributed by atoms with E-state index in [0.717, 1.165) is 16.7 Å². The fourth-order valence-corrected chi connectivity index (χ4v) is 2.65. The zero-order valence-electron chi connectivity index (χ0n) is 16.5. The van der Waals surface area contributed by atoms with Gasteiger partial charge in [0.15, 0.2) is 6.61 Å². The predicted molar refractivity (Wildman–Crippen MR) is 104 cm³/mol. The van der Waals surface area contributed by atoms with Crippen molar-refractivity contribution in [2.75, 3.05) is 13.7 Å². The van der Waals surface area contributed by atoms with Gasteiger partial charge in [0, 0.05) is 5.56 Å². The Labute approximate surface area is 167 Å². The van der Waals surface area contributed by atoms with Crippen LogP contribution in [0, 0.1) is 0 Å². The number of aromatic nitrogens is 1. The minimum atomic E-state index is -4.41. The smallest absolute Gasteiger partial charge is 0.422 e. The van der Waals surface area contributed by atoms with Crippen LogP contribution in [0.25, 0.3) is 5.57 Å². The van der Waals surface area contributed by atoms with Crippen molar-refractivity contribution in [2.24, 2.45) is 0 Å². The van der Waals surface area contributed by atoms with Crippen LogP contribution in [0.5, 0.6) is 11.5 Å². The first-order valence-electron chi connectivity index (χ1n) is 8.86. The summed E-state index contributed by atoms with van der Waals surface area (Å²) in [5.41, 5.74) is 3.02. The molecular formula is C21H23F3N2O3. The highest BCUT2D eigenvalue weighted by molar-refractivity contribution is 5.79. The number of halogens is 3. The third-order valence-corrected chi connectivity index (χ3v) is 4.07. The summed E-state index contributed by atoms with van der Waals surface area (Å²) in [6, 6.07) is 7.96. The van der Waals surface area contributed by atoms with E-state index in [2.05, 4.69) is 21.6 Å². The summed E-state index contributed by atoms with van der Waals surface area (Å²) < 4.78 is 46.5. The SMILES string of the molecule is C=C(C)c1ccc(CC(=O)N[C@H](C)c2ccc(OCC(F)(F)F)cn2)cc1OC. The highest BCUT2D eigenvalue weighted by atomic mass is 19.4. The van der Waals surface area contributed by atoms with Gasteiger partial charge in [0.05, 0.1) is 31.5 Å². The second-order valence-corrected chi connectivity index (χ2v) is 6.60. The average molecular weight is 408 g/mol. The van der Waals surface area contributed by atoms with E-state index in [0.29, 0.717) is 11.4 Å². The van der Waals surface area contributed by atoms with E-state index in [9.17, 15) is 18.0 Å². The van der Waals surface area contributed by atoms with Crippen LogP contribution in [0.3, 0.4) is 0 Å². The number of carbonyl (C=O) groups is 1. The van der Waals surface area contributed by atoms with Gasteiger partial charge in [-0.3, -0.25) is 9.78 Å². The molecule has 0 aliphatic rings.